The van der Waals surface area contributed by atoms with Crippen LogP contribution >= 0.6 is 15.9 Å². The Morgan fingerprint density at radius 3 is 2.56 bits per heavy atom. The lowest BCUT2D eigenvalue weighted by atomic mass is 10.1. The standard InChI is InChI=1S/C24H28BrN3O4/c1-15(2)12-26-24(31)17-11-23(30)28(13-17)19-5-7-20(8-6-19)32-14-22(29)27-18-4-9-21(25)16(3)10-18/h4-10,15,17H,11-14H2,1-3H3,(H,26,31)(H,27,29)/t17-/m1/s1. The zero-order valence-corrected chi connectivity index (χ0v) is 20.1. The normalized spacial score (nSPS) is 15.7. The molecule has 0 radical (unpaired) electrons. The van der Waals surface area contributed by atoms with Crippen molar-refractivity contribution in [1.29, 1.82) is 0 Å². The first kappa shape index (κ1) is 23.8. The lowest BCUT2D eigenvalue weighted by molar-refractivity contribution is -0.126. The quantitative estimate of drug-likeness (QED) is 0.574. The number of benzene rings is 2. The van der Waals surface area contributed by atoms with Crippen LogP contribution in [0.25, 0.3) is 0 Å². The van der Waals surface area contributed by atoms with E-state index in [1.807, 2.05) is 39.0 Å². The van der Waals surface area contributed by atoms with Crippen LogP contribution in [0.2, 0.25) is 0 Å². The van der Waals surface area contributed by atoms with Crippen molar-refractivity contribution in [3.05, 3.63) is 52.5 Å². The van der Waals surface area contributed by atoms with Gasteiger partial charge < -0.3 is 20.3 Å². The minimum atomic E-state index is -0.344. The fraction of sp³-hybridized carbons (Fsp3) is 0.375. The highest BCUT2D eigenvalue weighted by Crippen LogP contribution is 2.27. The lowest BCUT2D eigenvalue weighted by Gasteiger charge is -2.17. The molecular weight excluding hydrogens is 474 g/mol. The number of halogens is 1. The third kappa shape index (κ3) is 6.32. The molecule has 3 rings (SSSR count). The Bertz CT molecular complexity index is 991. The Labute approximate surface area is 196 Å². The van der Waals surface area contributed by atoms with E-state index >= 15 is 0 Å². The largest absolute Gasteiger partial charge is 0.484 e. The molecule has 1 heterocycles. The fourth-order valence-electron chi connectivity index (χ4n) is 3.37. The van der Waals surface area contributed by atoms with Crippen LogP contribution < -0.4 is 20.3 Å². The third-order valence-corrected chi connectivity index (χ3v) is 6.03. The number of nitrogens with zero attached hydrogens (tertiary/aromatic N) is 1. The number of hydrogen-bond donors (Lipinski definition) is 2. The molecule has 2 N–H and O–H groups in total. The molecule has 7 nitrogen and oxygen atoms in total. The van der Waals surface area contributed by atoms with Gasteiger partial charge in [0.25, 0.3) is 5.91 Å². The average molecular weight is 502 g/mol. The van der Waals surface area contributed by atoms with Crippen molar-refractivity contribution in [1.82, 2.24) is 5.32 Å². The molecule has 170 valence electrons. The summed E-state index contributed by atoms with van der Waals surface area (Å²) < 4.78 is 6.54. The molecular formula is C24H28BrN3O4. The molecule has 2 aromatic rings. The fourth-order valence-corrected chi connectivity index (χ4v) is 3.62. The van der Waals surface area contributed by atoms with Gasteiger partial charge >= 0.3 is 0 Å². The van der Waals surface area contributed by atoms with Gasteiger partial charge in [0.15, 0.2) is 6.61 Å². The van der Waals surface area contributed by atoms with E-state index in [-0.39, 0.29) is 36.7 Å². The predicted molar refractivity (Wildman–Crippen MR) is 128 cm³/mol. The van der Waals surface area contributed by atoms with Gasteiger partial charge in [-0.3, -0.25) is 14.4 Å². The van der Waals surface area contributed by atoms with E-state index in [4.69, 9.17) is 4.74 Å². The van der Waals surface area contributed by atoms with Gasteiger partial charge in [-0.05, 0) is 60.9 Å². The molecule has 8 heteroatoms. The van der Waals surface area contributed by atoms with Crippen LogP contribution in [0.1, 0.15) is 25.8 Å². The van der Waals surface area contributed by atoms with Crippen LogP contribution in [-0.4, -0.2) is 37.4 Å². The number of hydrogen-bond acceptors (Lipinski definition) is 4. The molecule has 1 atom stereocenters. The molecule has 0 bridgehead atoms. The van der Waals surface area contributed by atoms with Crippen molar-refractivity contribution < 1.29 is 19.1 Å². The lowest BCUT2D eigenvalue weighted by Crippen LogP contribution is -2.35. The minimum Gasteiger partial charge on any atom is -0.484 e. The van der Waals surface area contributed by atoms with Crippen LogP contribution in [0.15, 0.2) is 46.9 Å². The average Bonchev–Trinajstić information content (AvgIpc) is 3.15. The van der Waals surface area contributed by atoms with Gasteiger partial charge in [0, 0.05) is 35.4 Å². The van der Waals surface area contributed by atoms with Crippen molar-refractivity contribution in [2.75, 3.05) is 29.9 Å². The van der Waals surface area contributed by atoms with Crippen LogP contribution in [-0.2, 0) is 14.4 Å². The van der Waals surface area contributed by atoms with Crippen LogP contribution in [0.4, 0.5) is 11.4 Å². The summed E-state index contributed by atoms with van der Waals surface area (Å²) >= 11 is 3.43. The molecule has 1 aliphatic heterocycles. The van der Waals surface area contributed by atoms with Gasteiger partial charge in [-0.15, -0.1) is 0 Å². The maximum atomic E-state index is 12.4. The second kappa shape index (κ2) is 10.6. The Morgan fingerprint density at radius 2 is 1.91 bits per heavy atom. The summed E-state index contributed by atoms with van der Waals surface area (Å²) in [7, 11) is 0. The molecule has 2 aromatic carbocycles. The number of ether oxygens (including phenoxy) is 1. The number of carbonyl (C=O) groups excluding carboxylic acids is 3. The van der Waals surface area contributed by atoms with E-state index in [1.54, 1.807) is 29.2 Å². The summed E-state index contributed by atoms with van der Waals surface area (Å²) in [5.74, 6) is 0.118. The smallest absolute Gasteiger partial charge is 0.262 e. The van der Waals surface area contributed by atoms with Crippen molar-refractivity contribution in [3.8, 4) is 5.75 Å². The summed E-state index contributed by atoms with van der Waals surface area (Å²) in [5, 5.41) is 5.70. The molecule has 3 amide bonds. The number of amides is 3. The first-order valence-corrected chi connectivity index (χ1v) is 11.4. The Hall–Kier alpha value is -2.87. The highest BCUT2D eigenvalue weighted by Gasteiger charge is 2.35. The Balaban J connectivity index is 1.51. The zero-order valence-electron chi connectivity index (χ0n) is 18.5. The summed E-state index contributed by atoms with van der Waals surface area (Å²) in [6, 6.07) is 12.5. The third-order valence-electron chi connectivity index (χ3n) is 5.14. The predicted octanol–water partition coefficient (Wildman–Crippen LogP) is 3.90. The molecule has 1 saturated heterocycles. The Kier molecular flexibility index (Phi) is 7.90. The monoisotopic (exact) mass is 501 g/mol. The van der Waals surface area contributed by atoms with Crippen LogP contribution in [0.3, 0.4) is 0 Å². The maximum Gasteiger partial charge on any atom is 0.262 e. The van der Waals surface area contributed by atoms with Gasteiger partial charge in [0.2, 0.25) is 11.8 Å². The van der Waals surface area contributed by atoms with E-state index in [0.29, 0.717) is 36.1 Å². The Morgan fingerprint density at radius 1 is 1.19 bits per heavy atom. The molecule has 0 aliphatic carbocycles. The summed E-state index contributed by atoms with van der Waals surface area (Å²) in [6.45, 7) is 6.84. The van der Waals surface area contributed by atoms with E-state index < -0.39 is 0 Å². The van der Waals surface area contributed by atoms with E-state index in [0.717, 1.165) is 10.0 Å². The van der Waals surface area contributed by atoms with Crippen LogP contribution in [0.5, 0.6) is 5.75 Å². The van der Waals surface area contributed by atoms with Crippen molar-refractivity contribution in [2.24, 2.45) is 11.8 Å². The SMILES string of the molecule is Cc1cc(NC(=O)COc2ccc(N3C[C@H](C(=O)NCC(C)C)CC3=O)cc2)ccc1Br. The number of carbonyl (C=O) groups is 3. The van der Waals surface area contributed by atoms with Crippen molar-refractivity contribution in [2.45, 2.75) is 27.2 Å². The van der Waals surface area contributed by atoms with Crippen molar-refractivity contribution in [3.63, 3.8) is 0 Å². The van der Waals surface area contributed by atoms with Gasteiger partial charge in [0.05, 0.1) is 5.92 Å². The summed E-state index contributed by atoms with van der Waals surface area (Å²) in [5.41, 5.74) is 2.43. The highest BCUT2D eigenvalue weighted by atomic mass is 79.9. The highest BCUT2D eigenvalue weighted by molar-refractivity contribution is 9.10. The van der Waals surface area contributed by atoms with E-state index in [2.05, 4.69) is 26.6 Å². The number of aryl methyl sites for hydroxylation is 1. The number of anilines is 2. The molecule has 0 aromatic heterocycles. The van der Waals surface area contributed by atoms with Gasteiger partial charge in [-0.25, -0.2) is 0 Å². The van der Waals surface area contributed by atoms with Crippen molar-refractivity contribution >= 4 is 45.0 Å². The summed E-state index contributed by atoms with van der Waals surface area (Å²) in [4.78, 5) is 38.5. The molecule has 0 saturated carbocycles. The maximum absolute atomic E-state index is 12.4. The first-order valence-electron chi connectivity index (χ1n) is 10.6. The van der Waals surface area contributed by atoms with E-state index in [9.17, 15) is 14.4 Å². The number of nitrogens with one attached hydrogen (secondary N) is 2. The van der Waals surface area contributed by atoms with E-state index in [1.165, 1.54) is 0 Å². The minimum absolute atomic E-state index is 0.0764. The summed E-state index contributed by atoms with van der Waals surface area (Å²) in [6.07, 6.45) is 0.206. The molecule has 32 heavy (non-hydrogen) atoms. The second-order valence-corrected chi connectivity index (χ2v) is 9.19. The van der Waals surface area contributed by atoms with Gasteiger partial charge in [-0.1, -0.05) is 29.8 Å². The second-order valence-electron chi connectivity index (χ2n) is 8.34. The first-order chi connectivity index (χ1) is 15.2. The molecule has 0 spiro atoms. The van der Waals surface area contributed by atoms with Gasteiger partial charge in [0.1, 0.15) is 5.75 Å². The van der Waals surface area contributed by atoms with Gasteiger partial charge in [-0.2, -0.15) is 0 Å². The molecule has 1 fully saturated rings. The zero-order chi connectivity index (χ0) is 23.3. The molecule has 1 aliphatic rings. The number of rotatable bonds is 8. The molecule has 0 unspecified atom stereocenters. The topological polar surface area (TPSA) is 87.7 Å². The van der Waals surface area contributed by atoms with Crippen LogP contribution in [0, 0.1) is 18.8 Å².